The highest BCUT2D eigenvalue weighted by molar-refractivity contribution is 6.09. The average molecular weight is 355 g/mol. The molecule has 2 aromatic carbocycles. The van der Waals surface area contributed by atoms with E-state index in [0.29, 0.717) is 16.7 Å². The van der Waals surface area contributed by atoms with Gasteiger partial charge < -0.3 is 15.2 Å². The van der Waals surface area contributed by atoms with E-state index in [2.05, 4.69) is 5.32 Å². The standard InChI is InChI=1S/C20H21NO5/c1-13(19(23)21-17(12-26-2)20(24)25)15-9-6-10-16(11-15)18(22)14-7-4-3-5-8-14/h3-11,13,17H,12H2,1-2H3,(H,21,23)(H,24,25)/t13-,17+/m1/s1. The van der Waals surface area contributed by atoms with Gasteiger partial charge in [-0.2, -0.15) is 0 Å². The molecule has 0 saturated heterocycles. The summed E-state index contributed by atoms with van der Waals surface area (Å²) in [6.07, 6.45) is 0. The van der Waals surface area contributed by atoms with E-state index in [1.807, 2.05) is 6.07 Å². The van der Waals surface area contributed by atoms with Gasteiger partial charge in [0, 0.05) is 18.2 Å². The summed E-state index contributed by atoms with van der Waals surface area (Å²) >= 11 is 0. The molecule has 6 nitrogen and oxygen atoms in total. The number of nitrogens with one attached hydrogen (secondary N) is 1. The number of methoxy groups -OCH3 is 1. The number of hydrogen-bond acceptors (Lipinski definition) is 4. The number of amides is 1. The van der Waals surface area contributed by atoms with Crippen molar-refractivity contribution in [2.24, 2.45) is 0 Å². The van der Waals surface area contributed by atoms with Crippen molar-refractivity contribution in [3.05, 3.63) is 71.3 Å². The summed E-state index contributed by atoms with van der Waals surface area (Å²) in [6, 6.07) is 14.5. The SMILES string of the molecule is COC[C@H](NC(=O)[C@H](C)c1cccc(C(=O)c2ccccc2)c1)C(=O)O. The number of rotatable bonds is 8. The third-order valence-corrected chi connectivity index (χ3v) is 4.03. The Bertz CT molecular complexity index is 788. The number of carboxylic acids is 1. The number of carbonyl (C=O) groups excluding carboxylic acids is 2. The van der Waals surface area contributed by atoms with E-state index in [-0.39, 0.29) is 12.4 Å². The molecule has 2 N–H and O–H groups in total. The fraction of sp³-hybridized carbons (Fsp3) is 0.250. The van der Waals surface area contributed by atoms with Gasteiger partial charge in [0.1, 0.15) is 0 Å². The summed E-state index contributed by atoms with van der Waals surface area (Å²) in [6.45, 7) is 1.54. The molecule has 0 aliphatic heterocycles. The predicted octanol–water partition coefficient (Wildman–Crippen LogP) is 2.24. The molecule has 0 aromatic heterocycles. The maximum Gasteiger partial charge on any atom is 0.328 e. The molecule has 2 atom stereocenters. The highest BCUT2D eigenvalue weighted by Gasteiger charge is 2.24. The highest BCUT2D eigenvalue weighted by Crippen LogP contribution is 2.19. The number of carbonyl (C=O) groups is 3. The van der Waals surface area contributed by atoms with Crippen molar-refractivity contribution in [2.75, 3.05) is 13.7 Å². The molecule has 26 heavy (non-hydrogen) atoms. The van der Waals surface area contributed by atoms with Gasteiger partial charge in [0.2, 0.25) is 5.91 Å². The van der Waals surface area contributed by atoms with Gasteiger partial charge in [0.15, 0.2) is 11.8 Å². The summed E-state index contributed by atoms with van der Waals surface area (Å²) in [5, 5.41) is 11.6. The number of hydrogen-bond donors (Lipinski definition) is 2. The van der Waals surface area contributed by atoms with Crippen LogP contribution >= 0.6 is 0 Å². The Hall–Kier alpha value is -2.99. The van der Waals surface area contributed by atoms with Crippen LogP contribution in [-0.2, 0) is 14.3 Å². The third kappa shape index (κ3) is 4.77. The molecular formula is C20H21NO5. The van der Waals surface area contributed by atoms with Crippen LogP contribution in [0.25, 0.3) is 0 Å². The maximum atomic E-state index is 12.5. The lowest BCUT2D eigenvalue weighted by atomic mass is 9.95. The molecular weight excluding hydrogens is 334 g/mol. The first-order valence-corrected chi connectivity index (χ1v) is 8.16. The van der Waals surface area contributed by atoms with Crippen LogP contribution in [0.4, 0.5) is 0 Å². The molecule has 2 aromatic rings. The second kappa shape index (κ2) is 8.92. The smallest absolute Gasteiger partial charge is 0.328 e. The molecule has 0 aliphatic rings. The number of ketones is 1. The Labute approximate surface area is 151 Å². The molecule has 1 amide bonds. The summed E-state index contributed by atoms with van der Waals surface area (Å²) in [5.74, 6) is -2.36. The van der Waals surface area contributed by atoms with Crippen molar-refractivity contribution >= 4 is 17.7 Å². The average Bonchev–Trinajstić information content (AvgIpc) is 2.67. The molecule has 0 aliphatic carbocycles. The minimum atomic E-state index is -1.17. The molecule has 2 rings (SSSR count). The van der Waals surface area contributed by atoms with E-state index in [1.165, 1.54) is 7.11 Å². The van der Waals surface area contributed by atoms with Crippen LogP contribution in [0.1, 0.15) is 34.3 Å². The van der Waals surface area contributed by atoms with Gasteiger partial charge >= 0.3 is 5.97 Å². The van der Waals surface area contributed by atoms with Crippen molar-refractivity contribution in [3.63, 3.8) is 0 Å². The van der Waals surface area contributed by atoms with Crippen LogP contribution in [-0.4, -0.2) is 42.5 Å². The summed E-state index contributed by atoms with van der Waals surface area (Å²) in [4.78, 5) is 36.1. The maximum absolute atomic E-state index is 12.5. The zero-order valence-corrected chi connectivity index (χ0v) is 14.6. The second-order valence-corrected chi connectivity index (χ2v) is 5.90. The molecule has 0 radical (unpaired) electrons. The van der Waals surface area contributed by atoms with Crippen molar-refractivity contribution in [2.45, 2.75) is 18.9 Å². The van der Waals surface area contributed by atoms with Crippen LogP contribution in [0.2, 0.25) is 0 Å². The first-order chi connectivity index (χ1) is 12.4. The quantitative estimate of drug-likeness (QED) is 0.709. The Morgan fingerprint density at radius 3 is 2.31 bits per heavy atom. The van der Waals surface area contributed by atoms with Crippen molar-refractivity contribution in [3.8, 4) is 0 Å². The molecule has 0 spiro atoms. The predicted molar refractivity (Wildman–Crippen MR) is 96.2 cm³/mol. The molecule has 136 valence electrons. The van der Waals surface area contributed by atoms with E-state index in [1.54, 1.807) is 55.5 Å². The Morgan fingerprint density at radius 1 is 1.04 bits per heavy atom. The van der Waals surface area contributed by atoms with Crippen LogP contribution in [0.3, 0.4) is 0 Å². The van der Waals surface area contributed by atoms with Crippen LogP contribution in [0, 0.1) is 0 Å². The van der Waals surface area contributed by atoms with E-state index in [4.69, 9.17) is 9.84 Å². The normalized spacial score (nSPS) is 12.8. The van der Waals surface area contributed by atoms with E-state index in [0.717, 1.165) is 0 Å². The monoisotopic (exact) mass is 355 g/mol. The lowest BCUT2D eigenvalue weighted by molar-refractivity contribution is -0.143. The molecule has 0 heterocycles. The van der Waals surface area contributed by atoms with E-state index < -0.39 is 23.8 Å². The molecule has 0 unspecified atom stereocenters. The largest absolute Gasteiger partial charge is 0.480 e. The number of carboxylic acid groups (broad SMARTS) is 1. The van der Waals surface area contributed by atoms with Gasteiger partial charge in [-0.3, -0.25) is 9.59 Å². The van der Waals surface area contributed by atoms with Gasteiger partial charge in [-0.25, -0.2) is 4.79 Å². The van der Waals surface area contributed by atoms with Crippen LogP contribution < -0.4 is 5.32 Å². The molecule has 0 fully saturated rings. The van der Waals surface area contributed by atoms with Gasteiger partial charge in [-0.15, -0.1) is 0 Å². The fourth-order valence-corrected chi connectivity index (χ4v) is 2.49. The van der Waals surface area contributed by atoms with Crippen LogP contribution in [0.5, 0.6) is 0 Å². The van der Waals surface area contributed by atoms with Gasteiger partial charge in [-0.05, 0) is 18.6 Å². The van der Waals surface area contributed by atoms with Crippen molar-refractivity contribution in [1.82, 2.24) is 5.32 Å². The van der Waals surface area contributed by atoms with Crippen LogP contribution in [0.15, 0.2) is 54.6 Å². The highest BCUT2D eigenvalue weighted by atomic mass is 16.5. The molecule has 0 saturated carbocycles. The van der Waals surface area contributed by atoms with Gasteiger partial charge in [-0.1, -0.05) is 48.5 Å². The first kappa shape index (κ1) is 19.3. The second-order valence-electron chi connectivity index (χ2n) is 5.90. The Morgan fingerprint density at radius 2 is 1.69 bits per heavy atom. The minimum Gasteiger partial charge on any atom is -0.480 e. The third-order valence-electron chi connectivity index (χ3n) is 4.03. The summed E-state index contributed by atoms with van der Waals surface area (Å²) in [5.41, 5.74) is 1.67. The van der Waals surface area contributed by atoms with E-state index in [9.17, 15) is 14.4 Å². The number of ether oxygens (including phenoxy) is 1. The zero-order valence-electron chi connectivity index (χ0n) is 14.6. The van der Waals surface area contributed by atoms with Crippen molar-refractivity contribution in [1.29, 1.82) is 0 Å². The Kier molecular flexibility index (Phi) is 6.63. The molecule has 6 heteroatoms. The summed E-state index contributed by atoms with van der Waals surface area (Å²) in [7, 11) is 1.37. The summed E-state index contributed by atoms with van der Waals surface area (Å²) < 4.78 is 4.81. The lowest BCUT2D eigenvalue weighted by Crippen LogP contribution is -2.45. The molecule has 0 bridgehead atoms. The minimum absolute atomic E-state index is 0.125. The number of aliphatic carboxylic acids is 1. The van der Waals surface area contributed by atoms with Gasteiger partial charge in [0.05, 0.1) is 12.5 Å². The zero-order chi connectivity index (χ0) is 19.1. The van der Waals surface area contributed by atoms with E-state index >= 15 is 0 Å². The van der Waals surface area contributed by atoms with Gasteiger partial charge in [0.25, 0.3) is 0 Å². The first-order valence-electron chi connectivity index (χ1n) is 8.16. The fourth-order valence-electron chi connectivity index (χ4n) is 2.49. The number of benzene rings is 2. The lowest BCUT2D eigenvalue weighted by Gasteiger charge is -2.18. The topological polar surface area (TPSA) is 92.7 Å². The Balaban J connectivity index is 2.17. The van der Waals surface area contributed by atoms with Crippen molar-refractivity contribution < 1.29 is 24.2 Å².